The zero-order valence-electron chi connectivity index (χ0n) is 16.5. The van der Waals surface area contributed by atoms with Crippen LogP contribution >= 0.6 is 27.3 Å². The van der Waals surface area contributed by atoms with E-state index in [-0.39, 0.29) is 12.2 Å². The lowest BCUT2D eigenvalue weighted by Crippen LogP contribution is -2.39. The van der Waals surface area contributed by atoms with Gasteiger partial charge in [0.1, 0.15) is 0 Å². The highest BCUT2D eigenvalue weighted by Gasteiger charge is 2.33. The molecule has 30 heavy (non-hydrogen) atoms. The first-order chi connectivity index (χ1) is 14.5. The highest BCUT2D eigenvalue weighted by Crippen LogP contribution is 2.30. The van der Waals surface area contributed by atoms with E-state index in [2.05, 4.69) is 20.9 Å². The fraction of sp³-hybridized carbons (Fsp3) is 0.174. The Kier molecular flexibility index (Phi) is 5.83. The van der Waals surface area contributed by atoms with Crippen LogP contribution in [0.5, 0.6) is 0 Å². The Morgan fingerprint density at radius 1 is 1.23 bits per heavy atom. The molecule has 0 saturated carbocycles. The minimum absolute atomic E-state index is 0.179. The average molecular weight is 483 g/mol. The number of thiazole rings is 1. The number of allylic oxidation sites excluding steroid dienone is 1. The first kappa shape index (κ1) is 20.5. The van der Waals surface area contributed by atoms with E-state index in [1.54, 1.807) is 18.4 Å². The lowest BCUT2D eigenvalue weighted by molar-refractivity contribution is -0.139. The normalized spacial score (nSPS) is 16.2. The van der Waals surface area contributed by atoms with Crippen molar-refractivity contribution in [1.29, 1.82) is 0 Å². The molecule has 0 N–H and O–H groups in total. The number of aromatic nitrogens is 1. The van der Waals surface area contributed by atoms with E-state index >= 15 is 0 Å². The third-order valence-corrected chi connectivity index (χ3v) is 6.25. The summed E-state index contributed by atoms with van der Waals surface area (Å²) in [4.78, 5) is 31.3. The van der Waals surface area contributed by atoms with Crippen molar-refractivity contribution in [3.05, 3.63) is 101 Å². The average Bonchev–Trinajstić information content (AvgIpc) is 3.02. The fourth-order valence-electron chi connectivity index (χ4n) is 3.49. The predicted octanol–water partition coefficient (Wildman–Crippen LogP) is 3.56. The summed E-state index contributed by atoms with van der Waals surface area (Å²) in [5, 5.41) is 0. The van der Waals surface area contributed by atoms with Crippen LogP contribution in [0.2, 0.25) is 0 Å². The van der Waals surface area contributed by atoms with Gasteiger partial charge in [0, 0.05) is 4.47 Å². The van der Waals surface area contributed by atoms with Crippen molar-refractivity contribution in [2.45, 2.75) is 19.9 Å². The molecule has 0 saturated heterocycles. The van der Waals surface area contributed by atoms with E-state index in [1.807, 2.05) is 60.7 Å². The molecule has 0 amide bonds. The van der Waals surface area contributed by atoms with Gasteiger partial charge in [-0.25, -0.2) is 9.79 Å². The first-order valence-corrected chi connectivity index (χ1v) is 11.1. The van der Waals surface area contributed by atoms with Gasteiger partial charge in [0.25, 0.3) is 5.56 Å². The molecule has 0 spiro atoms. The predicted molar refractivity (Wildman–Crippen MR) is 121 cm³/mol. The van der Waals surface area contributed by atoms with Crippen molar-refractivity contribution in [2.24, 2.45) is 4.99 Å². The highest BCUT2D eigenvalue weighted by molar-refractivity contribution is 9.10. The molecule has 152 valence electrons. The van der Waals surface area contributed by atoms with Gasteiger partial charge in [-0.1, -0.05) is 69.7 Å². The number of fused-ring (bicyclic) bond motifs is 1. The van der Waals surface area contributed by atoms with E-state index in [1.165, 1.54) is 11.3 Å². The second-order valence-corrected chi connectivity index (χ2v) is 8.69. The molecule has 3 aromatic rings. The number of carbonyl (C=O) groups excluding carboxylic acids is 1. The van der Waals surface area contributed by atoms with Crippen molar-refractivity contribution >= 4 is 39.3 Å². The molecule has 5 nitrogen and oxygen atoms in total. The van der Waals surface area contributed by atoms with Gasteiger partial charge < -0.3 is 4.74 Å². The summed E-state index contributed by atoms with van der Waals surface area (Å²) in [6.45, 7) is 3.80. The van der Waals surface area contributed by atoms with Crippen LogP contribution in [0.3, 0.4) is 0 Å². The van der Waals surface area contributed by atoms with Crippen LogP contribution < -0.4 is 14.9 Å². The van der Waals surface area contributed by atoms with Crippen LogP contribution in [-0.4, -0.2) is 17.1 Å². The molecule has 1 aliphatic rings. The Bertz CT molecular complexity index is 1320. The number of benzene rings is 2. The van der Waals surface area contributed by atoms with Crippen molar-refractivity contribution in [3.8, 4) is 0 Å². The topological polar surface area (TPSA) is 60.7 Å². The van der Waals surface area contributed by atoms with Crippen LogP contribution in [-0.2, 0) is 9.53 Å². The van der Waals surface area contributed by atoms with E-state index in [0.717, 1.165) is 15.6 Å². The molecule has 0 unspecified atom stereocenters. The van der Waals surface area contributed by atoms with Gasteiger partial charge in [-0.2, -0.15) is 0 Å². The van der Waals surface area contributed by atoms with Crippen LogP contribution in [0.1, 0.15) is 31.0 Å². The molecule has 2 aromatic carbocycles. The maximum atomic E-state index is 13.4. The molecule has 0 fully saturated rings. The summed E-state index contributed by atoms with van der Waals surface area (Å²) >= 11 is 4.78. The Balaban J connectivity index is 1.96. The third-order valence-electron chi connectivity index (χ3n) is 4.78. The van der Waals surface area contributed by atoms with Gasteiger partial charge in [0.2, 0.25) is 0 Å². The molecule has 1 atom stereocenters. The second kappa shape index (κ2) is 8.53. The minimum Gasteiger partial charge on any atom is -0.463 e. The Morgan fingerprint density at radius 3 is 2.70 bits per heavy atom. The number of hydrogen-bond donors (Lipinski definition) is 0. The molecular formula is C23H19BrN2O3S. The summed E-state index contributed by atoms with van der Waals surface area (Å²) in [6.07, 6.45) is 1.85. The van der Waals surface area contributed by atoms with Crippen LogP contribution in [0.25, 0.3) is 6.08 Å². The van der Waals surface area contributed by atoms with Gasteiger partial charge in [0.15, 0.2) is 4.80 Å². The quantitative estimate of drug-likeness (QED) is 0.534. The van der Waals surface area contributed by atoms with Gasteiger partial charge in [-0.05, 0) is 43.2 Å². The summed E-state index contributed by atoms with van der Waals surface area (Å²) in [5.41, 5.74) is 2.53. The summed E-state index contributed by atoms with van der Waals surface area (Å²) in [6, 6.07) is 16.7. The molecule has 7 heteroatoms. The number of ether oxygens (including phenoxy) is 1. The SMILES string of the molecule is CCOC(=O)C1=C(C)N=c2s/c(=C/c3cccc(Br)c3)c(=O)n2[C@@H]1c1ccccc1. The lowest BCUT2D eigenvalue weighted by atomic mass is 9.96. The number of carbonyl (C=O) groups is 1. The largest absolute Gasteiger partial charge is 0.463 e. The summed E-state index contributed by atoms with van der Waals surface area (Å²) in [5.74, 6) is -0.450. The van der Waals surface area contributed by atoms with E-state index in [9.17, 15) is 9.59 Å². The maximum absolute atomic E-state index is 13.4. The zero-order valence-corrected chi connectivity index (χ0v) is 18.9. The summed E-state index contributed by atoms with van der Waals surface area (Å²) < 4.78 is 8.39. The Labute approximate surface area is 185 Å². The van der Waals surface area contributed by atoms with Gasteiger partial charge in [0.05, 0.1) is 28.5 Å². The van der Waals surface area contributed by atoms with E-state index in [4.69, 9.17) is 4.74 Å². The zero-order chi connectivity index (χ0) is 21.3. The van der Waals surface area contributed by atoms with Crippen molar-refractivity contribution in [3.63, 3.8) is 0 Å². The van der Waals surface area contributed by atoms with E-state index < -0.39 is 12.0 Å². The number of esters is 1. The number of rotatable bonds is 4. The second-order valence-electron chi connectivity index (χ2n) is 6.77. The first-order valence-electron chi connectivity index (χ1n) is 9.49. The molecule has 0 aliphatic carbocycles. The molecule has 2 heterocycles. The van der Waals surface area contributed by atoms with Gasteiger partial charge in [-0.15, -0.1) is 0 Å². The maximum Gasteiger partial charge on any atom is 0.338 e. The molecular weight excluding hydrogens is 464 g/mol. The minimum atomic E-state index is -0.578. The highest BCUT2D eigenvalue weighted by atomic mass is 79.9. The van der Waals surface area contributed by atoms with E-state index in [0.29, 0.717) is 20.6 Å². The molecule has 1 aromatic heterocycles. The van der Waals surface area contributed by atoms with Crippen molar-refractivity contribution in [2.75, 3.05) is 6.61 Å². The molecule has 1 aliphatic heterocycles. The smallest absolute Gasteiger partial charge is 0.338 e. The third kappa shape index (κ3) is 3.82. The van der Waals surface area contributed by atoms with Crippen molar-refractivity contribution < 1.29 is 9.53 Å². The van der Waals surface area contributed by atoms with Crippen molar-refractivity contribution in [1.82, 2.24) is 4.57 Å². The lowest BCUT2D eigenvalue weighted by Gasteiger charge is -2.24. The van der Waals surface area contributed by atoms with Gasteiger partial charge in [-0.3, -0.25) is 9.36 Å². The van der Waals surface area contributed by atoms with Crippen LogP contribution in [0.15, 0.2) is 80.1 Å². The van der Waals surface area contributed by atoms with Gasteiger partial charge >= 0.3 is 5.97 Å². The Hall–Kier alpha value is -2.77. The molecule has 0 radical (unpaired) electrons. The Morgan fingerprint density at radius 2 is 2.00 bits per heavy atom. The van der Waals surface area contributed by atoms with Crippen LogP contribution in [0, 0.1) is 0 Å². The summed E-state index contributed by atoms with van der Waals surface area (Å²) in [7, 11) is 0. The number of hydrogen-bond acceptors (Lipinski definition) is 5. The fourth-order valence-corrected chi connectivity index (χ4v) is 4.95. The van der Waals surface area contributed by atoms with Crippen LogP contribution in [0.4, 0.5) is 0 Å². The molecule has 0 bridgehead atoms. The number of halogens is 1. The molecule has 4 rings (SSSR count). The monoisotopic (exact) mass is 482 g/mol. The standard InChI is InChI=1S/C23H19BrN2O3S/c1-3-29-22(28)19-14(2)25-23-26(20(19)16-9-5-4-6-10-16)21(27)18(30-23)13-15-8-7-11-17(24)12-15/h4-13,20H,3H2,1-2H3/b18-13+/t20-/m1/s1. The number of nitrogens with zero attached hydrogens (tertiary/aromatic N) is 2.